The second-order valence-electron chi connectivity index (χ2n) is 3.84. The van der Waals surface area contributed by atoms with Crippen LogP contribution in [0.1, 0.15) is 5.56 Å². The quantitative estimate of drug-likeness (QED) is 0.785. The van der Waals surface area contributed by atoms with E-state index in [0.29, 0.717) is 0 Å². The fourth-order valence-electron chi connectivity index (χ4n) is 1.56. The molecule has 1 nitrogen and oxygen atoms in total. The van der Waals surface area contributed by atoms with Crippen LogP contribution >= 0.6 is 43.6 Å². The molecule has 0 saturated carbocycles. The predicted molar refractivity (Wildman–Crippen MR) is 85.2 cm³/mol. The molecule has 0 saturated heterocycles. The molecule has 0 fully saturated rings. The molecule has 1 N–H and O–H groups in total. The van der Waals surface area contributed by atoms with Crippen molar-refractivity contribution in [2.75, 3.05) is 7.05 Å². The van der Waals surface area contributed by atoms with Crippen LogP contribution in [0.25, 0.3) is 0 Å². The van der Waals surface area contributed by atoms with Gasteiger partial charge < -0.3 is 5.32 Å². The van der Waals surface area contributed by atoms with E-state index < -0.39 is 0 Å². The van der Waals surface area contributed by atoms with E-state index in [1.165, 1.54) is 15.4 Å². The Balaban J connectivity index is 2.14. The Bertz CT molecular complexity index is 526. The van der Waals surface area contributed by atoms with Gasteiger partial charge in [0, 0.05) is 25.3 Å². The van der Waals surface area contributed by atoms with Crippen molar-refractivity contribution in [3.8, 4) is 0 Å². The van der Waals surface area contributed by atoms with E-state index in [4.69, 9.17) is 0 Å². The molecule has 2 aromatic carbocycles. The van der Waals surface area contributed by atoms with Crippen molar-refractivity contribution in [1.82, 2.24) is 5.32 Å². The molecule has 0 amide bonds. The predicted octanol–water partition coefficient (Wildman–Crippen LogP) is 5.08. The Labute approximate surface area is 129 Å². The molecule has 2 aromatic rings. The van der Waals surface area contributed by atoms with E-state index in [-0.39, 0.29) is 0 Å². The first-order valence-corrected chi connectivity index (χ1v) is 7.96. The fourth-order valence-corrected chi connectivity index (χ4v) is 3.36. The van der Waals surface area contributed by atoms with Crippen molar-refractivity contribution in [3.63, 3.8) is 0 Å². The van der Waals surface area contributed by atoms with Crippen molar-refractivity contribution < 1.29 is 0 Å². The van der Waals surface area contributed by atoms with Gasteiger partial charge in [0.15, 0.2) is 0 Å². The zero-order chi connectivity index (χ0) is 13.0. The molecule has 0 aliphatic heterocycles. The van der Waals surface area contributed by atoms with E-state index >= 15 is 0 Å². The highest BCUT2D eigenvalue weighted by molar-refractivity contribution is 9.10. The van der Waals surface area contributed by atoms with Gasteiger partial charge in [0.2, 0.25) is 0 Å². The normalized spacial score (nSPS) is 10.6. The van der Waals surface area contributed by atoms with Crippen LogP contribution in [0.4, 0.5) is 0 Å². The largest absolute Gasteiger partial charge is 0.316 e. The SMILES string of the molecule is CNCc1ccc(Sc2ccc(Br)cc2)cc1Br. The molecule has 4 heteroatoms. The first-order valence-electron chi connectivity index (χ1n) is 5.55. The van der Waals surface area contributed by atoms with Gasteiger partial charge in [-0.05, 0) is 49.0 Å². The van der Waals surface area contributed by atoms with Gasteiger partial charge in [-0.15, -0.1) is 0 Å². The lowest BCUT2D eigenvalue weighted by Gasteiger charge is -2.07. The summed E-state index contributed by atoms with van der Waals surface area (Å²) in [5.74, 6) is 0. The summed E-state index contributed by atoms with van der Waals surface area (Å²) >= 11 is 8.82. The van der Waals surface area contributed by atoms with Crippen molar-refractivity contribution in [2.45, 2.75) is 16.3 Å². The Morgan fingerprint density at radius 3 is 2.28 bits per heavy atom. The maximum atomic E-state index is 3.61. The number of benzene rings is 2. The van der Waals surface area contributed by atoms with E-state index in [9.17, 15) is 0 Å². The number of rotatable bonds is 4. The van der Waals surface area contributed by atoms with E-state index in [1.807, 2.05) is 7.05 Å². The third-order valence-corrected chi connectivity index (χ3v) is 4.71. The molecule has 0 atom stereocenters. The van der Waals surface area contributed by atoms with Gasteiger partial charge in [0.25, 0.3) is 0 Å². The molecule has 0 aliphatic carbocycles. The van der Waals surface area contributed by atoms with Crippen LogP contribution in [0, 0.1) is 0 Å². The van der Waals surface area contributed by atoms with Gasteiger partial charge in [-0.1, -0.05) is 49.7 Å². The molecule has 0 spiro atoms. The lowest BCUT2D eigenvalue weighted by Crippen LogP contribution is -2.05. The highest BCUT2D eigenvalue weighted by Crippen LogP contribution is 2.31. The summed E-state index contributed by atoms with van der Waals surface area (Å²) in [6.45, 7) is 0.879. The molecule has 0 aliphatic rings. The lowest BCUT2D eigenvalue weighted by molar-refractivity contribution is 0.813. The average molecular weight is 387 g/mol. The minimum Gasteiger partial charge on any atom is -0.316 e. The summed E-state index contributed by atoms with van der Waals surface area (Å²) in [5, 5.41) is 3.16. The van der Waals surface area contributed by atoms with Crippen LogP contribution in [0.5, 0.6) is 0 Å². The van der Waals surface area contributed by atoms with E-state index in [0.717, 1.165) is 15.5 Å². The first kappa shape index (κ1) is 14.1. The third kappa shape index (κ3) is 3.85. The second-order valence-corrected chi connectivity index (χ2v) is 6.76. The summed E-state index contributed by atoms with van der Waals surface area (Å²) in [7, 11) is 1.96. The summed E-state index contributed by atoms with van der Waals surface area (Å²) in [6.07, 6.45) is 0. The van der Waals surface area contributed by atoms with Gasteiger partial charge >= 0.3 is 0 Å². The molecule has 0 aromatic heterocycles. The summed E-state index contributed by atoms with van der Waals surface area (Å²) in [6, 6.07) is 14.8. The van der Waals surface area contributed by atoms with Crippen LogP contribution in [0.2, 0.25) is 0 Å². The molecular weight excluding hydrogens is 374 g/mol. The standard InChI is InChI=1S/C14H13Br2NS/c1-17-9-10-2-5-13(8-14(10)16)18-12-6-3-11(15)4-7-12/h2-8,17H,9H2,1H3. The smallest absolute Gasteiger partial charge is 0.0231 e. The molecule has 0 bridgehead atoms. The van der Waals surface area contributed by atoms with E-state index in [2.05, 4.69) is 79.6 Å². The lowest BCUT2D eigenvalue weighted by atomic mass is 10.2. The zero-order valence-electron chi connectivity index (χ0n) is 9.91. The maximum absolute atomic E-state index is 3.61. The summed E-state index contributed by atoms with van der Waals surface area (Å²) in [5.41, 5.74) is 1.28. The molecular formula is C14H13Br2NS. The summed E-state index contributed by atoms with van der Waals surface area (Å²) in [4.78, 5) is 2.48. The Morgan fingerprint density at radius 1 is 1.00 bits per heavy atom. The van der Waals surface area contributed by atoms with Crippen molar-refractivity contribution in [2.24, 2.45) is 0 Å². The van der Waals surface area contributed by atoms with Gasteiger partial charge in [0.05, 0.1) is 0 Å². The highest BCUT2D eigenvalue weighted by atomic mass is 79.9. The second kappa shape index (κ2) is 6.75. The molecule has 0 heterocycles. The molecule has 94 valence electrons. The van der Waals surface area contributed by atoms with Crippen LogP contribution in [-0.2, 0) is 6.54 Å². The number of halogens is 2. The number of hydrogen-bond acceptors (Lipinski definition) is 2. The van der Waals surface area contributed by atoms with Crippen LogP contribution in [0.15, 0.2) is 61.2 Å². The van der Waals surface area contributed by atoms with Crippen LogP contribution in [-0.4, -0.2) is 7.05 Å². The van der Waals surface area contributed by atoms with Crippen molar-refractivity contribution in [1.29, 1.82) is 0 Å². The number of hydrogen-bond donors (Lipinski definition) is 1. The molecule has 2 rings (SSSR count). The minimum atomic E-state index is 0.879. The zero-order valence-corrected chi connectivity index (χ0v) is 13.9. The minimum absolute atomic E-state index is 0.879. The molecule has 0 unspecified atom stereocenters. The van der Waals surface area contributed by atoms with Crippen molar-refractivity contribution >= 4 is 43.6 Å². The van der Waals surface area contributed by atoms with Gasteiger partial charge in [-0.3, -0.25) is 0 Å². The first-order chi connectivity index (χ1) is 8.69. The average Bonchev–Trinajstić information content (AvgIpc) is 2.36. The third-order valence-electron chi connectivity index (χ3n) is 2.44. The fraction of sp³-hybridized carbons (Fsp3) is 0.143. The Morgan fingerprint density at radius 2 is 1.67 bits per heavy atom. The van der Waals surface area contributed by atoms with Gasteiger partial charge in [-0.2, -0.15) is 0 Å². The topological polar surface area (TPSA) is 12.0 Å². The van der Waals surface area contributed by atoms with Gasteiger partial charge in [-0.25, -0.2) is 0 Å². The summed E-state index contributed by atoms with van der Waals surface area (Å²) < 4.78 is 2.26. The monoisotopic (exact) mass is 385 g/mol. The van der Waals surface area contributed by atoms with E-state index in [1.54, 1.807) is 11.8 Å². The van der Waals surface area contributed by atoms with Gasteiger partial charge in [0.1, 0.15) is 0 Å². The van der Waals surface area contributed by atoms with Crippen molar-refractivity contribution in [3.05, 3.63) is 57.0 Å². The van der Waals surface area contributed by atoms with Crippen LogP contribution in [0.3, 0.4) is 0 Å². The Kier molecular flexibility index (Phi) is 5.30. The highest BCUT2D eigenvalue weighted by Gasteiger charge is 2.02. The molecule has 18 heavy (non-hydrogen) atoms. The molecule has 0 radical (unpaired) electrons. The maximum Gasteiger partial charge on any atom is 0.0231 e. The number of nitrogens with one attached hydrogen (secondary N) is 1. The Hall–Kier alpha value is -0.290. The van der Waals surface area contributed by atoms with Crippen LogP contribution < -0.4 is 5.32 Å².